The highest BCUT2D eigenvalue weighted by Crippen LogP contribution is 2.37. The van der Waals surface area contributed by atoms with Gasteiger partial charge in [0, 0.05) is 82.6 Å². The Kier molecular flexibility index (Phi) is 9.86. The van der Waals surface area contributed by atoms with Crippen molar-refractivity contribution in [3.05, 3.63) is 59.7 Å². The van der Waals surface area contributed by atoms with Crippen molar-refractivity contribution in [3.8, 4) is 17.0 Å². The van der Waals surface area contributed by atoms with Crippen LogP contribution >= 0.6 is 0 Å². The van der Waals surface area contributed by atoms with Gasteiger partial charge >= 0.3 is 6.09 Å². The van der Waals surface area contributed by atoms with Crippen molar-refractivity contribution in [2.24, 2.45) is 0 Å². The van der Waals surface area contributed by atoms with Gasteiger partial charge in [0.05, 0.1) is 28.6 Å². The molecule has 0 bridgehead atoms. The molecule has 4 saturated heterocycles. The van der Waals surface area contributed by atoms with Crippen molar-refractivity contribution < 1.29 is 33.8 Å². The number of fused-ring (bicyclic) bond motifs is 4. The smallest absolute Gasteiger partial charge is 0.409 e. The number of ether oxygens (including phenoxy) is 1. The van der Waals surface area contributed by atoms with Crippen LogP contribution in [0.1, 0.15) is 46.4 Å². The summed E-state index contributed by atoms with van der Waals surface area (Å²) in [6.45, 7) is 8.52. The summed E-state index contributed by atoms with van der Waals surface area (Å²) in [5.74, 6) is -1.15. The molecule has 298 valence electrons. The molecule has 0 spiro atoms. The number of benzene rings is 2. The third-order valence-corrected chi connectivity index (χ3v) is 12.3. The lowest BCUT2D eigenvalue weighted by molar-refractivity contribution is -0.136. The summed E-state index contributed by atoms with van der Waals surface area (Å²) in [5, 5.41) is 24.9. The Morgan fingerprint density at radius 2 is 1.61 bits per heavy atom. The van der Waals surface area contributed by atoms with Crippen LogP contribution < -0.4 is 20.4 Å². The molecule has 6 aliphatic rings. The number of carbonyl (C=O) groups excluding carboxylic acids is 5. The second kappa shape index (κ2) is 15.3. The standard InChI is InChI=1S/C40H46N10O7/c51-34-4-2-1-3-29(34)31-22-33-36(44-43-31)41-23-27-24-48(17-18-49(27)33)25-9-11-45(12-10-25)19-20-57-40(56)47-15-13-46(14-16-47)26-5-6-28-30(21-26)39(55)50(38(28)54)32-7-8-35(52)42-37(32)53/h1-6,21-22,25,27,32,51H,7-20,23-24H2,(H,41,44)(H,42,52,53)/t27-,32?/m0/s1. The first-order chi connectivity index (χ1) is 27.7. The topological polar surface area (TPSA) is 184 Å². The number of nitrogens with one attached hydrogen (secondary N) is 2. The van der Waals surface area contributed by atoms with Crippen molar-refractivity contribution in [2.45, 2.75) is 43.8 Å². The van der Waals surface area contributed by atoms with E-state index < -0.39 is 29.7 Å². The van der Waals surface area contributed by atoms with Crippen molar-refractivity contribution >= 4 is 46.9 Å². The highest BCUT2D eigenvalue weighted by molar-refractivity contribution is 6.23. The Bertz CT molecular complexity index is 2100. The summed E-state index contributed by atoms with van der Waals surface area (Å²) in [5.41, 5.74) is 3.60. The number of aromatic hydroxyl groups is 1. The quantitative estimate of drug-likeness (QED) is 0.294. The molecule has 7 heterocycles. The Hall–Kier alpha value is -5.81. The fourth-order valence-electron chi connectivity index (χ4n) is 9.13. The first kappa shape index (κ1) is 36.8. The molecule has 0 saturated carbocycles. The minimum absolute atomic E-state index is 0.0674. The largest absolute Gasteiger partial charge is 0.507 e. The van der Waals surface area contributed by atoms with E-state index in [1.165, 1.54) is 0 Å². The number of amides is 5. The number of phenols is 1. The number of imide groups is 2. The van der Waals surface area contributed by atoms with Gasteiger partial charge in [-0.3, -0.25) is 39.2 Å². The zero-order valence-electron chi connectivity index (χ0n) is 31.6. The maximum absolute atomic E-state index is 13.3. The molecule has 4 fully saturated rings. The monoisotopic (exact) mass is 778 g/mol. The van der Waals surface area contributed by atoms with Crippen LogP contribution in [0.5, 0.6) is 5.75 Å². The number of piperazine rings is 2. The van der Waals surface area contributed by atoms with Gasteiger partial charge in [-0.05, 0) is 68.8 Å². The summed E-state index contributed by atoms with van der Waals surface area (Å²) in [7, 11) is 0. The van der Waals surface area contributed by atoms with Crippen LogP contribution in [-0.4, -0.2) is 161 Å². The van der Waals surface area contributed by atoms with Crippen molar-refractivity contribution in [1.82, 2.24) is 35.1 Å². The normalized spacial score (nSPS) is 23.2. The summed E-state index contributed by atoms with van der Waals surface area (Å²) in [4.78, 5) is 75.5. The van der Waals surface area contributed by atoms with E-state index in [9.17, 15) is 29.1 Å². The molecule has 1 unspecified atom stereocenters. The van der Waals surface area contributed by atoms with E-state index in [-0.39, 0.29) is 35.8 Å². The molecule has 57 heavy (non-hydrogen) atoms. The molecule has 9 rings (SSSR count). The summed E-state index contributed by atoms with van der Waals surface area (Å²) in [6.07, 6.45) is 1.96. The van der Waals surface area contributed by atoms with E-state index in [1.54, 1.807) is 35.2 Å². The van der Waals surface area contributed by atoms with E-state index in [2.05, 4.69) is 40.4 Å². The van der Waals surface area contributed by atoms with Crippen molar-refractivity contribution in [3.63, 3.8) is 0 Å². The average molecular weight is 779 g/mol. The molecule has 1 aromatic heterocycles. The first-order valence-electron chi connectivity index (χ1n) is 19.9. The number of piperidine rings is 2. The lowest BCUT2D eigenvalue weighted by atomic mass is 9.99. The molecular formula is C40H46N10O7. The average Bonchev–Trinajstić information content (AvgIpc) is 3.48. The second-order valence-corrected chi connectivity index (χ2v) is 15.5. The summed E-state index contributed by atoms with van der Waals surface area (Å²) in [6, 6.07) is 14.1. The zero-order valence-corrected chi connectivity index (χ0v) is 31.6. The highest BCUT2D eigenvalue weighted by Gasteiger charge is 2.45. The molecule has 3 N–H and O–H groups in total. The van der Waals surface area contributed by atoms with Crippen LogP contribution in [0.3, 0.4) is 0 Å². The van der Waals surface area contributed by atoms with E-state index in [0.29, 0.717) is 62.7 Å². The predicted octanol–water partition coefficient (Wildman–Crippen LogP) is 1.59. The fourth-order valence-corrected chi connectivity index (χ4v) is 9.13. The second-order valence-electron chi connectivity index (χ2n) is 15.5. The van der Waals surface area contributed by atoms with E-state index in [1.807, 2.05) is 18.2 Å². The van der Waals surface area contributed by atoms with Gasteiger partial charge in [-0.1, -0.05) is 12.1 Å². The van der Waals surface area contributed by atoms with Crippen LogP contribution in [0.25, 0.3) is 11.3 Å². The lowest BCUT2D eigenvalue weighted by Gasteiger charge is -2.49. The van der Waals surface area contributed by atoms with Crippen LogP contribution in [0.2, 0.25) is 0 Å². The molecule has 2 aromatic carbocycles. The van der Waals surface area contributed by atoms with Crippen LogP contribution in [0, 0.1) is 0 Å². The van der Waals surface area contributed by atoms with Crippen LogP contribution in [-0.2, 0) is 14.3 Å². The zero-order chi connectivity index (χ0) is 39.2. The number of likely N-dealkylation sites (tertiary alicyclic amines) is 1. The minimum atomic E-state index is -1.01. The Labute approximate surface area is 329 Å². The number of nitrogens with zero attached hydrogens (tertiary/aromatic N) is 8. The number of aromatic nitrogens is 2. The molecule has 6 aliphatic heterocycles. The molecule has 17 nitrogen and oxygen atoms in total. The maximum atomic E-state index is 13.3. The minimum Gasteiger partial charge on any atom is -0.507 e. The Balaban J connectivity index is 0.705. The number of hydrogen-bond acceptors (Lipinski definition) is 14. The highest BCUT2D eigenvalue weighted by atomic mass is 16.6. The number of carbonyl (C=O) groups is 5. The summed E-state index contributed by atoms with van der Waals surface area (Å²) >= 11 is 0. The number of para-hydroxylation sites is 1. The van der Waals surface area contributed by atoms with Gasteiger partial charge in [0.25, 0.3) is 11.8 Å². The maximum Gasteiger partial charge on any atom is 0.409 e. The fraction of sp³-hybridized carbons (Fsp3) is 0.475. The number of anilines is 3. The third-order valence-electron chi connectivity index (χ3n) is 12.3. The summed E-state index contributed by atoms with van der Waals surface area (Å²) < 4.78 is 5.71. The molecule has 3 aromatic rings. The molecular weight excluding hydrogens is 733 g/mol. The predicted molar refractivity (Wildman–Crippen MR) is 208 cm³/mol. The first-order valence-corrected chi connectivity index (χ1v) is 19.9. The van der Waals surface area contributed by atoms with Gasteiger partial charge < -0.3 is 29.9 Å². The van der Waals surface area contributed by atoms with E-state index in [0.717, 1.165) is 74.2 Å². The van der Waals surface area contributed by atoms with Gasteiger partial charge in [0.15, 0.2) is 5.82 Å². The molecule has 17 heteroatoms. The van der Waals surface area contributed by atoms with Crippen molar-refractivity contribution in [2.75, 3.05) is 93.7 Å². The third kappa shape index (κ3) is 7.09. The van der Waals surface area contributed by atoms with Gasteiger partial charge in [-0.15, -0.1) is 10.2 Å². The Morgan fingerprint density at radius 1 is 0.825 bits per heavy atom. The van der Waals surface area contributed by atoms with Gasteiger partial charge in [-0.25, -0.2) is 4.79 Å². The SMILES string of the molecule is O=C1CCC(N2C(=O)c3ccc(N4CCN(C(=O)OCCN5CCC(N6CCN7c8cc(-c9ccccc9O)nnc8NC[C@H]7C6)CC5)CC4)cc3C2=O)C(=O)N1. The van der Waals surface area contributed by atoms with Gasteiger partial charge in [-0.2, -0.15) is 0 Å². The number of rotatable bonds is 7. The van der Waals surface area contributed by atoms with Crippen molar-refractivity contribution in [1.29, 1.82) is 0 Å². The Morgan fingerprint density at radius 3 is 2.40 bits per heavy atom. The van der Waals surface area contributed by atoms with E-state index >= 15 is 0 Å². The molecule has 2 atom stereocenters. The van der Waals surface area contributed by atoms with E-state index in [4.69, 9.17) is 4.74 Å². The molecule has 5 amide bonds. The number of hydrogen-bond donors (Lipinski definition) is 3. The lowest BCUT2D eigenvalue weighted by Crippen LogP contribution is -2.61. The van der Waals surface area contributed by atoms with Gasteiger partial charge in [0.2, 0.25) is 11.8 Å². The number of phenolic OH excluding ortho intramolecular Hbond substituents is 1. The van der Waals surface area contributed by atoms with Crippen LogP contribution in [0.15, 0.2) is 48.5 Å². The van der Waals surface area contributed by atoms with Crippen LogP contribution in [0.4, 0.5) is 22.0 Å². The van der Waals surface area contributed by atoms with Gasteiger partial charge in [0.1, 0.15) is 18.4 Å². The molecule has 0 aliphatic carbocycles. The molecule has 0 radical (unpaired) electrons.